The molecule has 4 nitrogen and oxygen atoms in total. The van der Waals surface area contributed by atoms with Crippen molar-refractivity contribution in [1.82, 2.24) is 0 Å². The van der Waals surface area contributed by atoms with Gasteiger partial charge in [-0.1, -0.05) is 26.0 Å². The van der Waals surface area contributed by atoms with Gasteiger partial charge in [0.15, 0.2) is 5.41 Å². The highest BCUT2D eigenvalue weighted by Crippen LogP contribution is 2.48. The minimum absolute atomic E-state index is 0.101. The molecule has 0 heterocycles. The Kier molecular flexibility index (Phi) is 5.13. The zero-order valence-corrected chi connectivity index (χ0v) is 10.4. The summed E-state index contributed by atoms with van der Waals surface area (Å²) in [5.74, 6) is -2.65. The van der Waals surface area contributed by atoms with Crippen molar-refractivity contribution in [3.63, 3.8) is 0 Å². The van der Waals surface area contributed by atoms with E-state index in [2.05, 4.69) is 13.2 Å². The van der Waals surface area contributed by atoms with E-state index < -0.39 is 22.8 Å². The summed E-state index contributed by atoms with van der Waals surface area (Å²) in [6, 6.07) is 0. The van der Waals surface area contributed by atoms with Crippen LogP contribution < -0.4 is 0 Å². The van der Waals surface area contributed by atoms with Gasteiger partial charge in [0.25, 0.3) is 0 Å². The van der Waals surface area contributed by atoms with Gasteiger partial charge in [0.05, 0.1) is 0 Å². The Labute approximate surface area is 102 Å². The molecule has 0 rings (SSSR count). The fraction of sp³-hybridized carbons (Fsp3) is 0.538. The van der Waals surface area contributed by atoms with Gasteiger partial charge in [0.2, 0.25) is 0 Å². The smallest absolute Gasteiger partial charge is 0.321 e. The van der Waals surface area contributed by atoms with Crippen LogP contribution in [0.25, 0.3) is 0 Å². The van der Waals surface area contributed by atoms with Crippen LogP contribution in [0.5, 0.6) is 0 Å². The average molecular weight is 240 g/mol. The molecule has 0 aliphatic rings. The Balaban J connectivity index is 5.86. The Hall–Kier alpha value is -1.58. The molecule has 0 radical (unpaired) electrons. The monoisotopic (exact) mass is 240 g/mol. The van der Waals surface area contributed by atoms with Gasteiger partial charge in [0.1, 0.15) is 0 Å². The summed E-state index contributed by atoms with van der Waals surface area (Å²) >= 11 is 0. The zero-order valence-electron chi connectivity index (χ0n) is 10.4. The predicted molar refractivity (Wildman–Crippen MR) is 65.7 cm³/mol. The summed E-state index contributed by atoms with van der Waals surface area (Å²) in [6.45, 7) is 10.5. The maximum atomic E-state index is 11.5. The lowest BCUT2D eigenvalue weighted by atomic mass is 9.59. The third-order valence-corrected chi connectivity index (χ3v) is 3.59. The average Bonchev–Trinajstić information content (AvgIpc) is 2.24. The number of allylic oxidation sites excluding steroid dienone is 2. The molecule has 0 aliphatic heterocycles. The molecule has 4 heteroatoms. The van der Waals surface area contributed by atoms with Gasteiger partial charge in [-0.25, -0.2) is 0 Å². The highest BCUT2D eigenvalue weighted by Gasteiger charge is 2.57. The largest absolute Gasteiger partial charge is 0.480 e. The first-order chi connectivity index (χ1) is 7.82. The standard InChI is InChI=1S/C13H20O4/c1-5-8-12(4,7-3)13(9-6-2,10(14)15)11(16)17/h5-6H,1-2,7-9H2,3-4H3,(H,14,15)(H,16,17). The van der Waals surface area contributed by atoms with Crippen molar-refractivity contribution >= 4 is 11.9 Å². The van der Waals surface area contributed by atoms with Crippen LogP contribution >= 0.6 is 0 Å². The molecule has 0 spiro atoms. The summed E-state index contributed by atoms with van der Waals surface area (Å²) in [6.07, 6.45) is 3.57. The molecule has 1 unspecified atom stereocenters. The van der Waals surface area contributed by atoms with E-state index in [1.54, 1.807) is 19.9 Å². The van der Waals surface area contributed by atoms with E-state index in [1.807, 2.05) is 0 Å². The maximum Gasteiger partial charge on any atom is 0.321 e. The quantitative estimate of drug-likeness (QED) is 0.505. The number of carbonyl (C=O) groups is 2. The molecule has 0 aromatic rings. The zero-order chi connectivity index (χ0) is 13.7. The number of aliphatic carboxylic acids is 2. The third-order valence-electron chi connectivity index (χ3n) is 3.59. The summed E-state index contributed by atoms with van der Waals surface area (Å²) in [5, 5.41) is 18.7. The second kappa shape index (κ2) is 5.66. The molecule has 96 valence electrons. The van der Waals surface area contributed by atoms with Crippen molar-refractivity contribution in [3.8, 4) is 0 Å². The van der Waals surface area contributed by atoms with Crippen LogP contribution in [0.3, 0.4) is 0 Å². The third kappa shape index (κ3) is 2.40. The van der Waals surface area contributed by atoms with Crippen molar-refractivity contribution in [1.29, 1.82) is 0 Å². The minimum Gasteiger partial charge on any atom is -0.480 e. The molecule has 0 aliphatic carbocycles. The summed E-state index contributed by atoms with van der Waals surface area (Å²) in [4.78, 5) is 22.9. The lowest BCUT2D eigenvalue weighted by Crippen LogP contribution is -2.51. The summed E-state index contributed by atoms with van der Waals surface area (Å²) in [7, 11) is 0. The van der Waals surface area contributed by atoms with Gasteiger partial charge < -0.3 is 10.2 Å². The van der Waals surface area contributed by atoms with Gasteiger partial charge in [-0.05, 0) is 24.7 Å². The molecular formula is C13H20O4. The second-order valence-electron chi connectivity index (χ2n) is 4.42. The lowest BCUT2D eigenvalue weighted by molar-refractivity contribution is -0.175. The molecule has 0 amide bonds. The minimum atomic E-state index is -1.85. The van der Waals surface area contributed by atoms with Crippen LogP contribution in [-0.2, 0) is 9.59 Å². The predicted octanol–water partition coefficient (Wildman–Crippen LogP) is 2.71. The number of rotatable bonds is 8. The van der Waals surface area contributed by atoms with Gasteiger partial charge in [-0.15, -0.1) is 13.2 Å². The Bertz CT molecular complexity index is 318. The van der Waals surface area contributed by atoms with Crippen LogP contribution in [0.4, 0.5) is 0 Å². The van der Waals surface area contributed by atoms with E-state index >= 15 is 0 Å². The Morgan fingerprint density at radius 3 is 1.76 bits per heavy atom. The molecule has 0 saturated heterocycles. The number of hydrogen-bond acceptors (Lipinski definition) is 2. The molecular weight excluding hydrogens is 220 g/mol. The maximum absolute atomic E-state index is 11.5. The van der Waals surface area contributed by atoms with E-state index in [9.17, 15) is 19.8 Å². The highest BCUT2D eigenvalue weighted by atomic mass is 16.4. The Morgan fingerprint density at radius 2 is 1.53 bits per heavy atom. The molecule has 0 aromatic heterocycles. The Morgan fingerprint density at radius 1 is 1.12 bits per heavy atom. The number of carboxylic acid groups (broad SMARTS) is 2. The number of hydrogen-bond donors (Lipinski definition) is 2. The van der Waals surface area contributed by atoms with Crippen LogP contribution in [0.2, 0.25) is 0 Å². The first-order valence-electron chi connectivity index (χ1n) is 5.51. The van der Waals surface area contributed by atoms with E-state index in [0.29, 0.717) is 12.8 Å². The van der Waals surface area contributed by atoms with Crippen LogP contribution in [0.15, 0.2) is 25.3 Å². The molecule has 2 N–H and O–H groups in total. The van der Waals surface area contributed by atoms with Crippen molar-refractivity contribution in [3.05, 3.63) is 25.3 Å². The van der Waals surface area contributed by atoms with Crippen molar-refractivity contribution in [2.45, 2.75) is 33.1 Å². The van der Waals surface area contributed by atoms with Crippen molar-refractivity contribution in [2.75, 3.05) is 0 Å². The molecule has 1 atom stereocenters. The van der Waals surface area contributed by atoms with Gasteiger partial charge >= 0.3 is 11.9 Å². The molecule has 0 fully saturated rings. The molecule has 0 saturated carbocycles. The van der Waals surface area contributed by atoms with E-state index in [1.165, 1.54) is 6.08 Å². The second-order valence-corrected chi connectivity index (χ2v) is 4.42. The van der Waals surface area contributed by atoms with E-state index in [4.69, 9.17) is 0 Å². The topological polar surface area (TPSA) is 74.6 Å². The molecule has 0 aromatic carbocycles. The van der Waals surface area contributed by atoms with Crippen molar-refractivity contribution < 1.29 is 19.8 Å². The first kappa shape index (κ1) is 15.4. The van der Waals surface area contributed by atoms with Crippen molar-refractivity contribution in [2.24, 2.45) is 10.8 Å². The lowest BCUT2D eigenvalue weighted by Gasteiger charge is -2.41. The summed E-state index contributed by atoms with van der Waals surface area (Å²) < 4.78 is 0. The van der Waals surface area contributed by atoms with Crippen LogP contribution in [0.1, 0.15) is 33.1 Å². The SMILES string of the molecule is C=CCC(C)(CC)C(CC=C)(C(=O)O)C(=O)O. The number of carboxylic acids is 2. The normalized spacial score (nSPS) is 14.7. The van der Waals surface area contributed by atoms with E-state index in [-0.39, 0.29) is 6.42 Å². The van der Waals surface area contributed by atoms with Gasteiger partial charge in [-0.3, -0.25) is 9.59 Å². The fourth-order valence-corrected chi connectivity index (χ4v) is 2.18. The first-order valence-corrected chi connectivity index (χ1v) is 5.51. The van der Waals surface area contributed by atoms with Gasteiger partial charge in [-0.2, -0.15) is 0 Å². The van der Waals surface area contributed by atoms with Crippen LogP contribution in [0, 0.1) is 10.8 Å². The van der Waals surface area contributed by atoms with Crippen LogP contribution in [-0.4, -0.2) is 22.2 Å². The molecule has 0 bridgehead atoms. The van der Waals surface area contributed by atoms with Gasteiger partial charge in [0, 0.05) is 0 Å². The van der Waals surface area contributed by atoms with E-state index in [0.717, 1.165) is 0 Å². The summed E-state index contributed by atoms with van der Waals surface area (Å²) in [5.41, 5.74) is -2.74. The fourth-order valence-electron chi connectivity index (χ4n) is 2.18. The highest BCUT2D eigenvalue weighted by molar-refractivity contribution is 5.99. The molecule has 17 heavy (non-hydrogen) atoms.